The van der Waals surface area contributed by atoms with Crippen LogP contribution in [0.5, 0.6) is 5.75 Å². The standard InChI is InChI=1S/C12H20N2O/c1-3-7-14-9-10-8-11(13)5-6-12(10)15-4-2/h5-6,8,14H,3-4,7,9,13H2,1-2H3. The van der Waals surface area contributed by atoms with Gasteiger partial charge in [0.2, 0.25) is 0 Å². The van der Waals surface area contributed by atoms with Crippen molar-refractivity contribution < 1.29 is 4.74 Å². The molecule has 0 radical (unpaired) electrons. The zero-order chi connectivity index (χ0) is 11.1. The Bertz CT molecular complexity index is 300. The van der Waals surface area contributed by atoms with Crippen molar-refractivity contribution in [2.75, 3.05) is 18.9 Å². The lowest BCUT2D eigenvalue weighted by molar-refractivity contribution is 0.335. The van der Waals surface area contributed by atoms with E-state index >= 15 is 0 Å². The molecule has 0 fully saturated rings. The molecule has 0 bridgehead atoms. The van der Waals surface area contributed by atoms with Gasteiger partial charge in [0.25, 0.3) is 0 Å². The Labute approximate surface area is 91.6 Å². The van der Waals surface area contributed by atoms with Crippen LogP contribution < -0.4 is 15.8 Å². The highest BCUT2D eigenvalue weighted by atomic mass is 16.5. The third-order valence-electron chi connectivity index (χ3n) is 2.13. The Balaban J connectivity index is 2.68. The normalized spacial score (nSPS) is 10.3. The molecule has 1 rings (SSSR count). The SMILES string of the molecule is CCCNCc1cc(N)ccc1OCC. The van der Waals surface area contributed by atoms with Crippen molar-refractivity contribution in [1.29, 1.82) is 0 Å². The van der Waals surface area contributed by atoms with Crippen molar-refractivity contribution in [3.63, 3.8) is 0 Å². The molecule has 0 saturated heterocycles. The summed E-state index contributed by atoms with van der Waals surface area (Å²) in [6.45, 7) is 6.65. The maximum absolute atomic E-state index is 5.74. The van der Waals surface area contributed by atoms with E-state index < -0.39 is 0 Å². The van der Waals surface area contributed by atoms with Gasteiger partial charge in [-0.15, -0.1) is 0 Å². The Morgan fingerprint density at radius 3 is 2.80 bits per heavy atom. The molecular weight excluding hydrogens is 188 g/mol. The van der Waals surface area contributed by atoms with Gasteiger partial charge in [-0.25, -0.2) is 0 Å². The zero-order valence-electron chi connectivity index (χ0n) is 9.55. The number of anilines is 1. The summed E-state index contributed by atoms with van der Waals surface area (Å²) in [5, 5.41) is 3.34. The summed E-state index contributed by atoms with van der Waals surface area (Å²) in [6, 6.07) is 5.77. The van der Waals surface area contributed by atoms with Gasteiger partial charge in [-0.3, -0.25) is 0 Å². The van der Waals surface area contributed by atoms with Crippen molar-refractivity contribution in [3.05, 3.63) is 23.8 Å². The van der Waals surface area contributed by atoms with E-state index in [2.05, 4.69) is 12.2 Å². The maximum atomic E-state index is 5.74. The average Bonchev–Trinajstić information content (AvgIpc) is 2.22. The first-order valence-electron chi connectivity index (χ1n) is 5.49. The van der Waals surface area contributed by atoms with Crippen LogP contribution in [0, 0.1) is 0 Å². The van der Waals surface area contributed by atoms with Gasteiger partial charge in [0, 0.05) is 17.8 Å². The van der Waals surface area contributed by atoms with Gasteiger partial charge in [0.1, 0.15) is 5.75 Å². The van der Waals surface area contributed by atoms with Crippen molar-refractivity contribution in [2.45, 2.75) is 26.8 Å². The van der Waals surface area contributed by atoms with E-state index in [1.165, 1.54) is 0 Å². The maximum Gasteiger partial charge on any atom is 0.123 e. The van der Waals surface area contributed by atoms with Crippen molar-refractivity contribution in [2.24, 2.45) is 0 Å². The van der Waals surface area contributed by atoms with Crippen LogP contribution in [0.15, 0.2) is 18.2 Å². The predicted molar refractivity (Wildman–Crippen MR) is 64.0 cm³/mol. The number of hydrogen-bond acceptors (Lipinski definition) is 3. The van der Waals surface area contributed by atoms with Gasteiger partial charge < -0.3 is 15.8 Å². The number of hydrogen-bond donors (Lipinski definition) is 2. The van der Waals surface area contributed by atoms with Crippen molar-refractivity contribution >= 4 is 5.69 Å². The van der Waals surface area contributed by atoms with Crippen molar-refractivity contribution in [1.82, 2.24) is 5.32 Å². The highest BCUT2D eigenvalue weighted by Crippen LogP contribution is 2.21. The molecule has 3 heteroatoms. The lowest BCUT2D eigenvalue weighted by Gasteiger charge is -2.11. The van der Waals surface area contributed by atoms with Gasteiger partial charge in [-0.05, 0) is 38.1 Å². The Kier molecular flexibility index (Phi) is 4.98. The molecular formula is C12H20N2O. The summed E-state index contributed by atoms with van der Waals surface area (Å²) in [5.74, 6) is 0.926. The predicted octanol–water partition coefficient (Wildman–Crippen LogP) is 2.17. The number of benzene rings is 1. The number of rotatable bonds is 6. The molecule has 0 aliphatic rings. The first-order chi connectivity index (χ1) is 7.27. The molecule has 1 aromatic carbocycles. The van der Waals surface area contributed by atoms with Crippen LogP contribution in [0.2, 0.25) is 0 Å². The fourth-order valence-electron chi connectivity index (χ4n) is 1.43. The summed E-state index contributed by atoms with van der Waals surface area (Å²) in [5.41, 5.74) is 7.66. The topological polar surface area (TPSA) is 47.3 Å². The Hall–Kier alpha value is -1.22. The molecule has 15 heavy (non-hydrogen) atoms. The van der Waals surface area contributed by atoms with Crippen LogP contribution in [0.25, 0.3) is 0 Å². The first-order valence-corrected chi connectivity index (χ1v) is 5.49. The third-order valence-corrected chi connectivity index (χ3v) is 2.13. The fraction of sp³-hybridized carbons (Fsp3) is 0.500. The van der Waals surface area contributed by atoms with Crippen LogP contribution in [0.4, 0.5) is 5.69 Å². The van der Waals surface area contributed by atoms with E-state index in [-0.39, 0.29) is 0 Å². The monoisotopic (exact) mass is 208 g/mol. The van der Waals surface area contributed by atoms with Crippen LogP contribution in [0.3, 0.4) is 0 Å². The lowest BCUT2D eigenvalue weighted by atomic mass is 10.1. The molecule has 1 aromatic rings. The number of nitrogens with one attached hydrogen (secondary N) is 1. The molecule has 3 nitrogen and oxygen atoms in total. The molecule has 0 unspecified atom stereocenters. The van der Waals surface area contributed by atoms with E-state index in [9.17, 15) is 0 Å². The van der Waals surface area contributed by atoms with Crippen LogP contribution >= 0.6 is 0 Å². The molecule has 0 aliphatic heterocycles. The molecule has 3 N–H and O–H groups in total. The Morgan fingerprint density at radius 2 is 2.13 bits per heavy atom. The van der Waals surface area contributed by atoms with E-state index in [0.717, 1.165) is 36.5 Å². The quantitative estimate of drug-likeness (QED) is 0.556. The molecule has 0 aliphatic carbocycles. The molecule has 0 spiro atoms. The fourth-order valence-corrected chi connectivity index (χ4v) is 1.43. The smallest absolute Gasteiger partial charge is 0.123 e. The minimum atomic E-state index is 0.685. The van der Waals surface area contributed by atoms with E-state index in [0.29, 0.717) is 6.61 Å². The molecule has 0 atom stereocenters. The molecule has 0 saturated carbocycles. The average molecular weight is 208 g/mol. The zero-order valence-corrected chi connectivity index (χ0v) is 9.55. The largest absolute Gasteiger partial charge is 0.494 e. The summed E-state index contributed by atoms with van der Waals surface area (Å²) in [4.78, 5) is 0. The van der Waals surface area contributed by atoms with E-state index in [4.69, 9.17) is 10.5 Å². The summed E-state index contributed by atoms with van der Waals surface area (Å²) < 4.78 is 5.53. The molecule has 0 heterocycles. The Morgan fingerprint density at radius 1 is 1.33 bits per heavy atom. The van der Waals surface area contributed by atoms with Gasteiger partial charge in [0.05, 0.1) is 6.61 Å². The summed E-state index contributed by atoms with van der Waals surface area (Å²) in [6.07, 6.45) is 1.13. The highest BCUT2D eigenvalue weighted by molar-refractivity contribution is 5.47. The second-order valence-corrected chi connectivity index (χ2v) is 3.48. The van der Waals surface area contributed by atoms with Gasteiger partial charge in [0.15, 0.2) is 0 Å². The summed E-state index contributed by atoms with van der Waals surface area (Å²) in [7, 11) is 0. The number of nitrogen functional groups attached to an aromatic ring is 1. The van der Waals surface area contributed by atoms with E-state index in [1.54, 1.807) is 0 Å². The van der Waals surface area contributed by atoms with Crippen LogP contribution in [-0.4, -0.2) is 13.2 Å². The van der Waals surface area contributed by atoms with Gasteiger partial charge in [-0.1, -0.05) is 6.92 Å². The molecule has 84 valence electrons. The molecule has 0 aromatic heterocycles. The lowest BCUT2D eigenvalue weighted by Crippen LogP contribution is -2.14. The number of ether oxygens (including phenoxy) is 1. The van der Waals surface area contributed by atoms with Gasteiger partial charge >= 0.3 is 0 Å². The molecule has 0 amide bonds. The highest BCUT2D eigenvalue weighted by Gasteiger charge is 2.03. The van der Waals surface area contributed by atoms with Crippen LogP contribution in [0.1, 0.15) is 25.8 Å². The van der Waals surface area contributed by atoms with Crippen molar-refractivity contribution in [3.8, 4) is 5.75 Å². The van der Waals surface area contributed by atoms with E-state index in [1.807, 2.05) is 25.1 Å². The second kappa shape index (κ2) is 6.30. The van der Waals surface area contributed by atoms with Gasteiger partial charge in [-0.2, -0.15) is 0 Å². The third kappa shape index (κ3) is 3.80. The minimum Gasteiger partial charge on any atom is -0.494 e. The van der Waals surface area contributed by atoms with Crippen LogP contribution in [-0.2, 0) is 6.54 Å². The second-order valence-electron chi connectivity index (χ2n) is 3.48. The summed E-state index contributed by atoms with van der Waals surface area (Å²) >= 11 is 0. The number of nitrogens with two attached hydrogens (primary N) is 1. The minimum absolute atomic E-state index is 0.685. The first kappa shape index (κ1) is 11.9.